The lowest BCUT2D eigenvalue weighted by molar-refractivity contribution is 0.0668. The molecular formula is C12H20O2. The molecule has 4 atom stereocenters. The van der Waals surface area contributed by atoms with Crippen LogP contribution in [0, 0.1) is 23.7 Å². The molecular weight excluding hydrogens is 176 g/mol. The van der Waals surface area contributed by atoms with Gasteiger partial charge < -0.3 is 9.84 Å². The fourth-order valence-corrected chi connectivity index (χ4v) is 3.69. The van der Waals surface area contributed by atoms with Crippen LogP contribution in [0.4, 0.5) is 0 Å². The number of rotatable bonds is 2. The zero-order valence-corrected chi connectivity index (χ0v) is 8.69. The highest BCUT2D eigenvalue weighted by molar-refractivity contribution is 5.04. The minimum Gasteiger partial charge on any atom is -0.392 e. The maximum atomic E-state index is 10.2. The standard InChI is InChI=1S/C12H20O2/c13-12(8-5-6-14-7-8)11-9-3-1-2-4-10(9)11/h8-13H,1-7H2. The van der Waals surface area contributed by atoms with Gasteiger partial charge in [-0.2, -0.15) is 0 Å². The SMILES string of the molecule is OC(C1CCOC1)C1C2CCCCC21. The third kappa shape index (κ3) is 1.40. The number of hydrogen-bond acceptors (Lipinski definition) is 2. The lowest BCUT2D eigenvalue weighted by Crippen LogP contribution is -2.24. The van der Waals surface area contributed by atoms with Crippen LogP contribution in [0.3, 0.4) is 0 Å². The molecule has 0 spiro atoms. The first-order chi connectivity index (χ1) is 6.88. The average molecular weight is 196 g/mol. The van der Waals surface area contributed by atoms with E-state index in [1.165, 1.54) is 25.7 Å². The lowest BCUT2D eigenvalue weighted by Gasteiger charge is -2.16. The van der Waals surface area contributed by atoms with Gasteiger partial charge in [0.05, 0.1) is 12.7 Å². The quantitative estimate of drug-likeness (QED) is 0.730. The summed E-state index contributed by atoms with van der Waals surface area (Å²) in [7, 11) is 0. The van der Waals surface area contributed by atoms with Crippen molar-refractivity contribution in [1.29, 1.82) is 0 Å². The molecule has 2 heteroatoms. The largest absolute Gasteiger partial charge is 0.392 e. The number of aliphatic hydroxyl groups is 1. The van der Waals surface area contributed by atoms with Crippen molar-refractivity contribution in [2.75, 3.05) is 13.2 Å². The Bertz CT molecular complexity index is 198. The van der Waals surface area contributed by atoms with Gasteiger partial charge in [0.2, 0.25) is 0 Å². The van der Waals surface area contributed by atoms with E-state index in [1.54, 1.807) is 0 Å². The Hall–Kier alpha value is -0.0800. The first-order valence-corrected chi connectivity index (χ1v) is 6.14. The maximum absolute atomic E-state index is 10.2. The zero-order chi connectivity index (χ0) is 9.54. The topological polar surface area (TPSA) is 29.5 Å². The highest BCUT2D eigenvalue weighted by Crippen LogP contribution is 2.58. The second-order valence-corrected chi connectivity index (χ2v) is 5.30. The summed E-state index contributed by atoms with van der Waals surface area (Å²) in [6.07, 6.45) is 6.57. The van der Waals surface area contributed by atoms with Gasteiger partial charge in [-0.3, -0.25) is 0 Å². The average Bonchev–Trinajstić information content (AvgIpc) is 2.70. The molecule has 0 bridgehead atoms. The molecule has 2 saturated carbocycles. The predicted octanol–water partition coefficient (Wildman–Crippen LogP) is 1.82. The monoisotopic (exact) mass is 196 g/mol. The van der Waals surface area contributed by atoms with Crippen LogP contribution in [0.15, 0.2) is 0 Å². The summed E-state index contributed by atoms with van der Waals surface area (Å²) in [6.45, 7) is 1.67. The normalized spacial score (nSPS) is 48.6. The van der Waals surface area contributed by atoms with Crippen molar-refractivity contribution in [3.8, 4) is 0 Å². The second-order valence-electron chi connectivity index (χ2n) is 5.30. The Morgan fingerprint density at radius 2 is 1.79 bits per heavy atom. The summed E-state index contributed by atoms with van der Waals surface area (Å²) in [4.78, 5) is 0. The molecule has 4 unspecified atom stereocenters. The van der Waals surface area contributed by atoms with Crippen LogP contribution in [0.1, 0.15) is 32.1 Å². The molecule has 0 aromatic rings. The number of aliphatic hydroxyl groups excluding tert-OH is 1. The van der Waals surface area contributed by atoms with Crippen molar-refractivity contribution < 1.29 is 9.84 Å². The summed E-state index contributed by atoms with van der Waals surface area (Å²) in [6, 6.07) is 0. The molecule has 1 saturated heterocycles. The lowest BCUT2D eigenvalue weighted by atomic mass is 9.96. The summed E-state index contributed by atoms with van der Waals surface area (Å²) in [5.74, 6) is 2.84. The van der Waals surface area contributed by atoms with Crippen LogP contribution >= 0.6 is 0 Å². The van der Waals surface area contributed by atoms with Gasteiger partial charge in [0.1, 0.15) is 0 Å². The number of ether oxygens (including phenoxy) is 1. The Morgan fingerprint density at radius 1 is 1.07 bits per heavy atom. The van der Waals surface area contributed by atoms with Crippen LogP contribution in [-0.4, -0.2) is 24.4 Å². The van der Waals surface area contributed by atoms with Crippen LogP contribution in [0.2, 0.25) is 0 Å². The van der Waals surface area contributed by atoms with Crippen molar-refractivity contribution in [2.45, 2.75) is 38.2 Å². The molecule has 1 aliphatic heterocycles. The van der Waals surface area contributed by atoms with Gasteiger partial charge in [-0.05, 0) is 37.0 Å². The summed E-state index contributed by atoms with van der Waals surface area (Å²) >= 11 is 0. The summed E-state index contributed by atoms with van der Waals surface area (Å²) < 4.78 is 5.35. The van der Waals surface area contributed by atoms with E-state index in [9.17, 15) is 5.11 Å². The highest BCUT2D eigenvalue weighted by atomic mass is 16.5. The van der Waals surface area contributed by atoms with E-state index in [4.69, 9.17) is 4.74 Å². The third-order valence-electron chi connectivity index (χ3n) is 4.56. The molecule has 80 valence electrons. The fraction of sp³-hybridized carbons (Fsp3) is 1.00. The molecule has 0 amide bonds. The van der Waals surface area contributed by atoms with Gasteiger partial charge in [-0.1, -0.05) is 12.8 Å². The van der Waals surface area contributed by atoms with Crippen LogP contribution in [-0.2, 0) is 4.74 Å². The van der Waals surface area contributed by atoms with Crippen molar-refractivity contribution in [3.05, 3.63) is 0 Å². The summed E-state index contributed by atoms with van der Waals surface area (Å²) in [5.41, 5.74) is 0. The van der Waals surface area contributed by atoms with Crippen LogP contribution < -0.4 is 0 Å². The molecule has 3 aliphatic rings. The third-order valence-corrected chi connectivity index (χ3v) is 4.56. The van der Waals surface area contributed by atoms with E-state index in [0.717, 1.165) is 31.5 Å². The van der Waals surface area contributed by atoms with Crippen LogP contribution in [0.5, 0.6) is 0 Å². The zero-order valence-electron chi connectivity index (χ0n) is 8.69. The molecule has 2 nitrogen and oxygen atoms in total. The van der Waals surface area contributed by atoms with Gasteiger partial charge in [0.25, 0.3) is 0 Å². The molecule has 3 rings (SSSR count). The fourth-order valence-electron chi connectivity index (χ4n) is 3.69. The van der Waals surface area contributed by atoms with E-state index in [1.807, 2.05) is 0 Å². The minimum absolute atomic E-state index is 0.0504. The van der Waals surface area contributed by atoms with Gasteiger partial charge in [-0.25, -0.2) is 0 Å². The molecule has 0 aromatic heterocycles. The van der Waals surface area contributed by atoms with E-state index in [2.05, 4.69) is 0 Å². The Labute approximate surface area is 85.6 Å². The van der Waals surface area contributed by atoms with Crippen molar-refractivity contribution in [1.82, 2.24) is 0 Å². The molecule has 14 heavy (non-hydrogen) atoms. The first kappa shape index (κ1) is 9.17. The summed E-state index contributed by atoms with van der Waals surface area (Å²) in [5, 5.41) is 10.2. The van der Waals surface area contributed by atoms with Crippen LogP contribution in [0.25, 0.3) is 0 Å². The van der Waals surface area contributed by atoms with E-state index in [0.29, 0.717) is 11.8 Å². The van der Waals surface area contributed by atoms with Gasteiger partial charge in [0, 0.05) is 12.5 Å². The van der Waals surface area contributed by atoms with E-state index < -0.39 is 0 Å². The first-order valence-electron chi connectivity index (χ1n) is 6.14. The highest BCUT2D eigenvalue weighted by Gasteiger charge is 2.55. The van der Waals surface area contributed by atoms with Gasteiger partial charge >= 0.3 is 0 Å². The van der Waals surface area contributed by atoms with Gasteiger partial charge in [-0.15, -0.1) is 0 Å². The molecule has 1 N–H and O–H groups in total. The van der Waals surface area contributed by atoms with Crippen molar-refractivity contribution in [2.24, 2.45) is 23.7 Å². The van der Waals surface area contributed by atoms with Gasteiger partial charge in [0.15, 0.2) is 0 Å². The number of hydrogen-bond donors (Lipinski definition) is 1. The molecule has 3 fully saturated rings. The van der Waals surface area contributed by atoms with Crippen molar-refractivity contribution >= 4 is 0 Å². The molecule has 0 radical (unpaired) electrons. The maximum Gasteiger partial charge on any atom is 0.0624 e. The number of fused-ring (bicyclic) bond motifs is 1. The van der Waals surface area contributed by atoms with Crippen molar-refractivity contribution in [3.63, 3.8) is 0 Å². The predicted molar refractivity (Wildman–Crippen MR) is 53.9 cm³/mol. The van der Waals surface area contributed by atoms with E-state index >= 15 is 0 Å². The Morgan fingerprint density at radius 3 is 2.36 bits per heavy atom. The Kier molecular flexibility index (Phi) is 2.29. The smallest absolute Gasteiger partial charge is 0.0624 e. The van der Waals surface area contributed by atoms with E-state index in [-0.39, 0.29) is 6.10 Å². The molecule has 2 aliphatic carbocycles. The minimum atomic E-state index is -0.0504. The second kappa shape index (κ2) is 3.49. The Balaban J connectivity index is 1.60. The molecule has 1 heterocycles. The molecule has 0 aromatic carbocycles.